The lowest BCUT2D eigenvalue weighted by atomic mass is 10.1. The van der Waals surface area contributed by atoms with Gasteiger partial charge in [0.05, 0.1) is 19.3 Å². The van der Waals surface area contributed by atoms with Gasteiger partial charge in [-0.05, 0) is 30.3 Å². The first-order valence-electron chi connectivity index (χ1n) is 9.08. The number of anilines is 1. The molecule has 0 saturated heterocycles. The monoisotopic (exact) mass is 402 g/mol. The molecule has 0 aliphatic carbocycles. The van der Waals surface area contributed by atoms with Crippen LogP contribution in [0.3, 0.4) is 0 Å². The molecule has 28 heavy (non-hydrogen) atoms. The molecule has 0 fully saturated rings. The molecular weight excluding hydrogens is 380 g/mol. The van der Waals surface area contributed by atoms with Gasteiger partial charge in [0.25, 0.3) is 0 Å². The van der Waals surface area contributed by atoms with E-state index in [-0.39, 0.29) is 24.7 Å². The Morgan fingerprint density at radius 1 is 1.21 bits per heavy atom. The molecule has 1 heterocycles. The fourth-order valence-electron chi connectivity index (χ4n) is 3.18. The molecule has 0 bridgehead atoms. The number of hydrogen-bond acceptors (Lipinski definition) is 4. The van der Waals surface area contributed by atoms with Crippen LogP contribution in [0.2, 0.25) is 5.02 Å². The SMILES string of the molecule is COc1ccc(Cl)cc1CN(C)C(=O)CCC(=O)N1CCOc2ccccc21. The lowest BCUT2D eigenvalue weighted by molar-refractivity contribution is -0.132. The molecule has 0 saturated carbocycles. The van der Waals surface area contributed by atoms with E-state index < -0.39 is 0 Å². The zero-order valence-electron chi connectivity index (χ0n) is 16.0. The second-order valence-electron chi connectivity index (χ2n) is 6.57. The normalized spacial score (nSPS) is 12.8. The third kappa shape index (κ3) is 4.57. The number of hydrogen-bond donors (Lipinski definition) is 0. The Morgan fingerprint density at radius 3 is 2.79 bits per heavy atom. The number of fused-ring (bicyclic) bond motifs is 1. The summed E-state index contributed by atoms with van der Waals surface area (Å²) < 4.78 is 10.9. The maximum Gasteiger partial charge on any atom is 0.227 e. The average molecular weight is 403 g/mol. The molecule has 0 unspecified atom stereocenters. The Bertz CT molecular complexity index is 871. The molecule has 0 spiro atoms. The van der Waals surface area contributed by atoms with Crippen molar-refractivity contribution < 1.29 is 19.1 Å². The minimum Gasteiger partial charge on any atom is -0.496 e. The summed E-state index contributed by atoms with van der Waals surface area (Å²) in [6.07, 6.45) is 0.280. The number of rotatable bonds is 6. The summed E-state index contributed by atoms with van der Waals surface area (Å²) >= 11 is 6.05. The molecule has 7 heteroatoms. The molecule has 6 nitrogen and oxygen atoms in total. The number of nitrogens with zero attached hydrogens (tertiary/aromatic N) is 2. The Balaban J connectivity index is 1.58. The average Bonchev–Trinajstić information content (AvgIpc) is 2.71. The van der Waals surface area contributed by atoms with Gasteiger partial charge in [-0.2, -0.15) is 0 Å². The van der Waals surface area contributed by atoms with Gasteiger partial charge in [0.2, 0.25) is 11.8 Å². The smallest absolute Gasteiger partial charge is 0.227 e. The summed E-state index contributed by atoms with van der Waals surface area (Å²) in [5.41, 5.74) is 1.57. The Morgan fingerprint density at radius 2 is 2.00 bits per heavy atom. The molecule has 1 aliphatic rings. The Hall–Kier alpha value is -2.73. The van der Waals surface area contributed by atoms with Crippen molar-refractivity contribution in [3.63, 3.8) is 0 Å². The van der Waals surface area contributed by atoms with Gasteiger partial charge >= 0.3 is 0 Å². The fraction of sp³-hybridized carbons (Fsp3) is 0.333. The van der Waals surface area contributed by atoms with Gasteiger partial charge in [-0.1, -0.05) is 23.7 Å². The van der Waals surface area contributed by atoms with Gasteiger partial charge in [-0.25, -0.2) is 0 Å². The number of ether oxygens (including phenoxy) is 2. The summed E-state index contributed by atoms with van der Waals surface area (Å²) in [4.78, 5) is 28.4. The van der Waals surface area contributed by atoms with Crippen molar-refractivity contribution in [3.8, 4) is 11.5 Å². The van der Waals surface area contributed by atoms with Crippen LogP contribution in [0.25, 0.3) is 0 Å². The molecular formula is C21H23ClN2O4. The van der Waals surface area contributed by atoms with Crippen LogP contribution in [0.1, 0.15) is 18.4 Å². The van der Waals surface area contributed by atoms with Crippen LogP contribution < -0.4 is 14.4 Å². The predicted octanol–water partition coefficient (Wildman–Crippen LogP) is 3.51. The predicted molar refractivity (Wildman–Crippen MR) is 108 cm³/mol. The van der Waals surface area contributed by atoms with Gasteiger partial charge in [0.1, 0.15) is 18.1 Å². The third-order valence-corrected chi connectivity index (χ3v) is 4.89. The lowest BCUT2D eigenvalue weighted by Gasteiger charge is -2.29. The summed E-state index contributed by atoms with van der Waals surface area (Å²) in [7, 11) is 3.28. The first kappa shape index (κ1) is 20.0. The minimum absolute atomic E-state index is 0.0853. The van der Waals surface area contributed by atoms with Gasteiger partial charge in [-0.15, -0.1) is 0 Å². The van der Waals surface area contributed by atoms with E-state index in [0.717, 1.165) is 11.3 Å². The number of para-hydroxylation sites is 2. The molecule has 148 valence electrons. The van der Waals surface area contributed by atoms with E-state index >= 15 is 0 Å². The Kier molecular flexibility index (Phi) is 6.41. The highest BCUT2D eigenvalue weighted by Gasteiger charge is 2.24. The lowest BCUT2D eigenvalue weighted by Crippen LogP contribution is -2.38. The van der Waals surface area contributed by atoms with Crippen molar-refractivity contribution in [1.82, 2.24) is 4.90 Å². The number of halogens is 1. The van der Waals surface area contributed by atoms with Crippen molar-refractivity contribution in [2.45, 2.75) is 19.4 Å². The van der Waals surface area contributed by atoms with E-state index in [2.05, 4.69) is 0 Å². The van der Waals surface area contributed by atoms with E-state index in [4.69, 9.17) is 21.1 Å². The molecule has 2 amide bonds. The molecule has 0 atom stereocenters. The number of benzene rings is 2. The minimum atomic E-state index is -0.114. The third-order valence-electron chi connectivity index (χ3n) is 4.66. The van der Waals surface area contributed by atoms with Crippen LogP contribution in [0.15, 0.2) is 42.5 Å². The first-order chi connectivity index (χ1) is 13.5. The summed E-state index contributed by atoms with van der Waals surface area (Å²) in [5, 5.41) is 0.581. The van der Waals surface area contributed by atoms with Gasteiger partial charge < -0.3 is 19.3 Å². The summed E-state index contributed by atoms with van der Waals surface area (Å²) in [6, 6.07) is 12.7. The van der Waals surface area contributed by atoms with E-state index in [9.17, 15) is 9.59 Å². The molecule has 2 aromatic rings. The highest BCUT2D eigenvalue weighted by Crippen LogP contribution is 2.31. The topological polar surface area (TPSA) is 59.1 Å². The zero-order chi connectivity index (χ0) is 20.1. The highest BCUT2D eigenvalue weighted by molar-refractivity contribution is 6.30. The second-order valence-corrected chi connectivity index (χ2v) is 7.00. The fourth-order valence-corrected chi connectivity index (χ4v) is 3.38. The molecule has 2 aromatic carbocycles. The number of methoxy groups -OCH3 is 1. The van der Waals surface area contributed by atoms with Crippen molar-refractivity contribution >= 4 is 29.1 Å². The van der Waals surface area contributed by atoms with E-state index in [0.29, 0.717) is 36.2 Å². The molecule has 3 rings (SSSR count). The van der Waals surface area contributed by atoms with Crippen molar-refractivity contribution in [2.24, 2.45) is 0 Å². The second kappa shape index (κ2) is 8.97. The van der Waals surface area contributed by atoms with Crippen LogP contribution in [-0.4, -0.2) is 44.0 Å². The molecule has 0 N–H and O–H groups in total. The maximum atomic E-state index is 12.7. The first-order valence-corrected chi connectivity index (χ1v) is 9.46. The van der Waals surface area contributed by atoms with E-state index in [1.165, 1.54) is 0 Å². The maximum absolute atomic E-state index is 12.7. The number of carbonyl (C=O) groups is 2. The van der Waals surface area contributed by atoms with Crippen molar-refractivity contribution in [2.75, 3.05) is 32.2 Å². The van der Waals surface area contributed by atoms with Gasteiger partial charge in [0, 0.05) is 37.0 Å². The van der Waals surface area contributed by atoms with Crippen molar-refractivity contribution in [3.05, 3.63) is 53.1 Å². The standard InChI is InChI=1S/C21H23ClN2O4/c1-23(14-15-13-16(22)7-8-18(15)27-2)20(25)9-10-21(26)24-11-12-28-19-6-4-3-5-17(19)24/h3-8,13H,9-12,14H2,1-2H3. The molecule has 0 radical (unpaired) electrons. The molecule has 1 aliphatic heterocycles. The Labute approximate surface area is 169 Å². The summed E-state index contributed by atoms with van der Waals surface area (Å²) in [6.45, 7) is 1.29. The number of amides is 2. The zero-order valence-corrected chi connectivity index (χ0v) is 16.7. The van der Waals surface area contributed by atoms with Crippen LogP contribution in [-0.2, 0) is 16.1 Å². The quantitative estimate of drug-likeness (QED) is 0.741. The molecule has 0 aromatic heterocycles. The van der Waals surface area contributed by atoms with Gasteiger partial charge in [-0.3, -0.25) is 9.59 Å². The van der Waals surface area contributed by atoms with Crippen LogP contribution in [0.5, 0.6) is 11.5 Å². The largest absolute Gasteiger partial charge is 0.496 e. The van der Waals surface area contributed by atoms with Gasteiger partial charge in [0.15, 0.2) is 0 Å². The van der Waals surface area contributed by atoms with Crippen LogP contribution in [0.4, 0.5) is 5.69 Å². The van der Waals surface area contributed by atoms with Crippen LogP contribution >= 0.6 is 11.6 Å². The number of carbonyl (C=O) groups excluding carboxylic acids is 2. The summed E-state index contributed by atoms with van der Waals surface area (Å²) in [5.74, 6) is 1.17. The van der Waals surface area contributed by atoms with Crippen LogP contribution in [0, 0.1) is 0 Å². The van der Waals surface area contributed by atoms with E-state index in [1.807, 2.05) is 24.3 Å². The highest BCUT2D eigenvalue weighted by atomic mass is 35.5. The van der Waals surface area contributed by atoms with Crippen molar-refractivity contribution in [1.29, 1.82) is 0 Å². The van der Waals surface area contributed by atoms with E-state index in [1.54, 1.807) is 42.2 Å².